The molecule has 0 unspecified atom stereocenters. The van der Waals surface area contributed by atoms with Crippen LogP contribution in [-0.2, 0) is 11.0 Å². The number of carbonyl (C=O) groups is 1. The monoisotopic (exact) mass is 341 g/mol. The summed E-state index contributed by atoms with van der Waals surface area (Å²) in [7, 11) is 0. The third kappa shape index (κ3) is 2.71. The minimum Gasteiger partial charge on any atom is -0.481 e. The maximum atomic E-state index is 13.1. The zero-order valence-corrected chi connectivity index (χ0v) is 13.0. The summed E-state index contributed by atoms with van der Waals surface area (Å²) in [5, 5.41) is 8.86. The average Bonchev–Trinajstić information content (AvgIpc) is 2.89. The number of halogens is 3. The van der Waals surface area contributed by atoms with Crippen LogP contribution < -0.4 is 4.90 Å². The lowest BCUT2D eigenvalue weighted by molar-refractivity contribution is -0.141. The number of aliphatic carboxylic acids is 1. The molecule has 24 heavy (non-hydrogen) atoms. The molecule has 2 aliphatic carbocycles. The Labute approximate surface area is 136 Å². The second-order valence-corrected chi connectivity index (χ2v) is 7.09. The fourth-order valence-electron chi connectivity index (χ4n) is 3.95. The van der Waals surface area contributed by atoms with Gasteiger partial charge in [-0.1, -0.05) is 6.42 Å². The van der Waals surface area contributed by atoms with Gasteiger partial charge in [0.1, 0.15) is 17.3 Å². The molecule has 0 bridgehead atoms. The zero-order chi connectivity index (χ0) is 17.1. The topological polar surface area (TPSA) is 66.3 Å². The standard InChI is InChI=1S/C16H18F3N3O2/c17-16(18,19)12-5-13(21-15(20-12)8-2-1-3-8)22-6-10-9(4-14(23)24)11(10)7-22/h5,8-11H,1-4,6-7H2,(H,23,24)/t9-,10+,11-. The van der Waals surface area contributed by atoms with E-state index in [4.69, 9.17) is 5.11 Å². The van der Waals surface area contributed by atoms with Gasteiger partial charge in [0.25, 0.3) is 0 Å². The minimum atomic E-state index is -4.48. The molecule has 4 rings (SSSR count). The SMILES string of the molecule is O=C(O)C[C@H]1[C@H]2CN(c3cc(C(F)(F)F)nc(C4CCC4)n3)C[C@@H]12. The van der Waals surface area contributed by atoms with Gasteiger partial charge in [-0.15, -0.1) is 0 Å². The van der Waals surface area contributed by atoms with Crippen molar-refractivity contribution in [2.24, 2.45) is 17.8 Å². The summed E-state index contributed by atoms with van der Waals surface area (Å²) in [5.41, 5.74) is -0.878. The average molecular weight is 341 g/mol. The minimum absolute atomic E-state index is 0.0305. The molecule has 0 amide bonds. The fourth-order valence-corrected chi connectivity index (χ4v) is 3.95. The van der Waals surface area contributed by atoms with Crippen molar-refractivity contribution in [2.45, 2.75) is 37.8 Å². The number of fused-ring (bicyclic) bond motifs is 1. The first-order valence-corrected chi connectivity index (χ1v) is 8.26. The van der Waals surface area contributed by atoms with Crippen LogP contribution in [0.2, 0.25) is 0 Å². The molecule has 1 aromatic heterocycles. The molecule has 1 aromatic rings. The second-order valence-electron chi connectivity index (χ2n) is 7.09. The second kappa shape index (κ2) is 5.32. The van der Waals surface area contributed by atoms with E-state index in [0.717, 1.165) is 25.3 Å². The molecular weight excluding hydrogens is 323 g/mol. The lowest BCUT2D eigenvalue weighted by Crippen LogP contribution is -2.27. The number of carboxylic acid groups (broad SMARTS) is 1. The van der Waals surface area contributed by atoms with Gasteiger partial charge in [0.05, 0.1) is 0 Å². The van der Waals surface area contributed by atoms with Gasteiger partial charge in [0.2, 0.25) is 0 Å². The molecule has 2 saturated carbocycles. The van der Waals surface area contributed by atoms with Crippen LogP contribution in [-0.4, -0.2) is 34.1 Å². The molecule has 5 nitrogen and oxygen atoms in total. The lowest BCUT2D eigenvalue weighted by Gasteiger charge is -2.27. The third-order valence-corrected chi connectivity index (χ3v) is 5.60. The lowest BCUT2D eigenvalue weighted by atomic mass is 9.85. The molecule has 3 aliphatic rings. The van der Waals surface area contributed by atoms with Crippen molar-refractivity contribution in [3.05, 3.63) is 17.6 Å². The van der Waals surface area contributed by atoms with Crippen molar-refractivity contribution in [1.29, 1.82) is 0 Å². The molecule has 3 fully saturated rings. The summed E-state index contributed by atoms with van der Waals surface area (Å²) < 4.78 is 39.4. The summed E-state index contributed by atoms with van der Waals surface area (Å²) in [6.07, 6.45) is -1.65. The van der Waals surface area contributed by atoms with Crippen molar-refractivity contribution in [3.8, 4) is 0 Å². The molecule has 2 heterocycles. The van der Waals surface area contributed by atoms with Crippen LogP contribution in [0.25, 0.3) is 0 Å². The normalized spacial score (nSPS) is 29.3. The van der Waals surface area contributed by atoms with Gasteiger partial charge >= 0.3 is 12.1 Å². The molecule has 1 saturated heterocycles. The number of nitrogens with zero attached hydrogens (tertiary/aromatic N) is 3. The highest BCUT2D eigenvalue weighted by molar-refractivity contribution is 5.68. The Kier molecular flexibility index (Phi) is 3.47. The van der Waals surface area contributed by atoms with Crippen LogP contribution >= 0.6 is 0 Å². The van der Waals surface area contributed by atoms with E-state index < -0.39 is 17.8 Å². The summed E-state index contributed by atoms with van der Waals surface area (Å²) in [4.78, 5) is 20.8. The van der Waals surface area contributed by atoms with E-state index in [1.165, 1.54) is 0 Å². The number of hydrogen-bond acceptors (Lipinski definition) is 4. The van der Waals surface area contributed by atoms with E-state index in [-0.39, 0.29) is 30.1 Å². The Hall–Kier alpha value is -1.86. The number of carboxylic acids is 1. The Morgan fingerprint density at radius 3 is 2.42 bits per heavy atom. The molecule has 0 aromatic carbocycles. The summed E-state index contributed by atoms with van der Waals surface area (Å²) in [6.45, 7) is 1.17. The maximum Gasteiger partial charge on any atom is 0.433 e. The smallest absolute Gasteiger partial charge is 0.433 e. The number of hydrogen-bond donors (Lipinski definition) is 1. The van der Waals surface area contributed by atoms with Crippen LogP contribution in [0.15, 0.2) is 6.07 Å². The van der Waals surface area contributed by atoms with E-state index in [9.17, 15) is 18.0 Å². The van der Waals surface area contributed by atoms with Gasteiger partial charge in [-0.2, -0.15) is 13.2 Å². The number of piperidine rings is 1. The predicted molar refractivity (Wildman–Crippen MR) is 78.6 cm³/mol. The Balaban J connectivity index is 1.54. The van der Waals surface area contributed by atoms with Crippen LogP contribution in [0.3, 0.4) is 0 Å². The highest BCUT2D eigenvalue weighted by Gasteiger charge is 2.56. The zero-order valence-electron chi connectivity index (χ0n) is 13.0. The van der Waals surface area contributed by atoms with E-state index >= 15 is 0 Å². The van der Waals surface area contributed by atoms with Gasteiger partial charge in [-0.05, 0) is 30.6 Å². The van der Waals surface area contributed by atoms with Gasteiger partial charge in [0, 0.05) is 31.5 Å². The van der Waals surface area contributed by atoms with Crippen molar-refractivity contribution in [2.75, 3.05) is 18.0 Å². The van der Waals surface area contributed by atoms with Gasteiger partial charge in [0.15, 0.2) is 0 Å². The molecule has 1 aliphatic heterocycles. The Morgan fingerprint density at radius 1 is 1.25 bits per heavy atom. The van der Waals surface area contributed by atoms with E-state index in [1.807, 2.05) is 4.90 Å². The van der Waals surface area contributed by atoms with Crippen LogP contribution in [0.1, 0.15) is 43.1 Å². The Morgan fingerprint density at radius 2 is 1.92 bits per heavy atom. The molecule has 3 atom stereocenters. The molecule has 130 valence electrons. The van der Waals surface area contributed by atoms with E-state index in [0.29, 0.717) is 24.7 Å². The van der Waals surface area contributed by atoms with Crippen molar-refractivity contribution < 1.29 is 23.1 Å². The van der Waals surface area contributed by atoms with Crippen molar-refractivity contribution in [3.63, 3.8) is 0 Å². The number of rotatable bonds is 4. The largest absolute Gasteiger partial charge is 0.481 e. The molecule has 8 heteroatoms. The summed E-state index contributed by atoms with van der Waals surface area (Å²) in [5.74, 6) is 0.538. The molecule has 0 spiro atoms. The first-order valence-electron chi connectivity index (χ1n) is 8.26. The maximum absolute atomic E-state index is 13.1. The highest BCUT2D eigenvalue weighted by Crippen LogP contribution is 2.54. The van der Waals surface area contributed by atoms with E-state index in [2.05, 4.69) is 9.97 Å². The number of anilines is 1. The first kappa shape index (κ1) is 15.7. The molecular formula is C16H18F3N3O2. The van der Waals surface area contributed by atoms with Gasteiger partial charge in [-0.3, -0.25) is 4.79 Å². The van der Waals surface area contributed by atoms with Crippen LogP contribution in [0.4, 0.5) is 19.0 Å². The predicted octanol–water partition coefficient (Wildman–Crippen LogP) is 2.92. The van der Waals surface area contributed by atoms with E-state index in [1.54, 1.807) is 0 Å². The molecule has 1 N–H and O–H groups in total. The quantitative estimate of drug-likeness (QED) is 0.912. The third-order valence-electron chi connectivity index (χ3n) is 5.60. The first-order chi connectivity index (χ1) is 11.3. The highest BCUT2D eigenvalue weighted by atomic mass is 19.4. The summed E-state index contributed by atoms with van der Waals surface area (Å²) >= 11 is 0. The number of alkyl halides is 3. The van der Waals surface area contributed by atoms with Crippen molar-refractivity contribution >= 4 is 11.8 Å². The van der Waals surface area contributed by atoms with Gasteiger partial charge < -0.3 is 10.0 Å². The van der Waals surface area contributed by atoms with Crippen LogP contribution in [0.5, 0.6) is 0 Å². The van der Waals surface area contributed by atoms with Gasteiger partial charge in [-0.25, -0.2) is 9.97 Å². The summed E-state index contributed by atoms with van der Waals surface area (Å²) in [6, 6.07) is 1.03. The molecule has 0 radical (unpaired) electrons. The van der Waals surface area contributed by atoms with Crippen molar-refractivity contribution in [1.82, 2.24) is 9.97 Å². The number of aromatic nitrogens is 2. The van der Waals surface area contributed by atoms with Crippen LogP contribution in [0, 0.1) is 17.8 Å². The fraction of sp³-hybridized carbons (Fsp3) is 0.688. The Bertz CT molecular complexity index is 663.